The second-order valence-corrected chi connectivity index (χ2v) is 7.73. The van der Waals surface area contributed by atoms with Gasteiger partial charge in [0, 0.05) is 5.92 Å². The number of halogens is 2. The Morgan fingerprint density at radius 2 is 1.64 bits per heavy atom. The fraction of sp³-hybridized carbons (Fsp3) is 0.385. The van der Waals surface area contributed by atoms with Gasteiger partial charge in [0.15, 0.2) is 0 Å². The number of rotatable bonds is 5. The van der Waals surface area contributed by atoms with Gasteiger partial charge in [-0.1, -0.05) is 55.5 Å². The highest BCUT2D eigenvalue weighted by Crippen LogP contribution is 2.30. The van der Waals surface area contributed by atoms with Crippen molar-refractivity contribution in [3.8, 4) is 23.0 Å². The summed E-state index contributed by atoms with van der Waals surface area (Å²) >= 11 is 0. The van der Waals surface area contributed by atoms with E-state index < -0.39 is 11.6 Å². The van der Waals surface area contributed by atoms with Gasteiger partial charge < -0.3 is 0 Å². The highest BCUT2D eigenvalue weighted by Gasteiger charge is 2.18. The summed E-state index contributed by atoms with van der Waals surface area (Å²) in [4.78, 5) is 0. The number of hydrogen-bond donors (Lipinski definition) is 0. The maximum atomic E-state index is 14.6. The van der Waals surface area contributed by atoms with E-state index in [0.717, 1.165) is 37.2 Å². The van der Waals surface area contributed by atoms with E-state index in [1.54, 1.807) is 0 Å². The van der Waals surface area contributed by atoms with Crippen molar-refractivity contribution in [1.29, 1.82) is 0 Å². The third-order valence-electron chi connectivity index (χ3n) is 5.79. The van der Waals surface area contributed by atoms with Crippen molar-refractivity contribution < 1.29 is 8.78 Å². The van der Waals surface area contributed by atoms with Crippen LogP contribution in [0.5, 0.6) is 0 Å². The maximum Gasteiger partial charge on any atom is 0.142 e. The summed E-state index contributed by atoms with van der Waals surface area (Å²) in [5.74, 6) is 5.77. The summed E-state index contributed by atoms with van der Waals surface area (Å²) in [6.45, 7) is 5.95. The van der Waals surface area contributed by atoms with Gasteiger partial charge >= 0.3 is 0 Å². The van der Waals surface area contributed by atoms with Gasteiger partial charge in [-0.3, -0.25) is 0 Å². The van der Waals surface area contributed by atoms with Gasteiger partial charge in [0.05, 0.1) is 5.56 Å². The first-order valence-corrected chi connectivity index (χ1v) is 10.3. The minimum atomic E-state index is -0.583. The maximum absolute atomic E-state index is 14.6. The number of benzene rings is 2. The van der Waals surface area contributed by atoms with Gasteiger partial charge in [0.25, 0.3) is 0 Å². The first-order valence-electron chi connectivity index (χ1n) is 10.3. The Morgan fingerprint density at radius 3 is 2.21 bits per heavy atom. The van der Waals surface area contributed by atoms with Gasteiger partial charge in [-0.25, -0.2) is 8.78 Å². The van der Waals surface area contributed by atoms with Crippen LogP contribution in [0.15, 0.2) is 49.1 Å². The molecule has 0 heterocycles. The van der Waals surface area contributed by atoms with Crippen LogP contribution in [-0.2, 0) is 6.42 Å². The Kier molecular flexibility index (Phi) is 7.04. The lowest BCUT2D eigenvalue weighted by Gasteiger charge is -2.24. The van der Waals surface area contributed by atoms with Crippen LogP contribution in [-0.4, -0.2) is 0 Å². The topological polar surface area (TPSA) is 0 Å². The number of aryl methyl sites for hydroxylation is 1. The van der Waals surface area contributed by atoms with Crippen LogP contribution in [0.4, 0.5) is 8.78 Å². The summed E-state index contributed by atoms with van der Waals surface area (Å²) in [5, 5.41) is 0. The van der Waals surface area contributed by atoms with Gasteiger partial charge in [0.1, 0.15) is 11.6 Å². The molecule has 0 nitrogen and oxygen atoms in total. The smallest absolute Gasteiger partial charge is 0.142 e. The molecule has 146 valence electrons. The summed E-state index contributed by atoms with van der Waals surface area (Å²) in [7, 11) is 0. The van der Waals surface area contributed by atoms with Crippen LogP contribution in [0.2, 0.25) is 0 Å². The highest BCUT2D eigenvalue weighted by atomic mass is 19.1. The number of hydrogen-bond acceptors (Lipinski definition) is 0. The quantitative estimate of drug-likeness (QED) is 0.378. The SMILES string of the molecule is C=CCCc1ccc(-c2cc(F)c(C#CC3CCC(CC)CC3)c(F)c2)cc1. The fourth-order valence-corrected chi connectivity index (χ4v) is 3.88. The molecule has 0 atom stereocenters. The first kappa shape index (κ1) is 20.3. The lowest BCUT2D eigenvalue weighted by atomic mass is 9.81. The van der Waals surface area contributed by atoms with Gasteiger partial charge in [0.2, 0.25) is 0 Å². The van der Waals surface area contributed by atoms with E-state index in [1.165, 1.54) is 37.0 Å². The van der Waals surface area contributed by atoms with Crippen molar-refractivity contribution in [2.75, 3.05) is 0 Å². The summed E-state index contributed by atoms with van der Waals surface area (Å²) in [6, 6.07) is 10.6. The zero-order valence-electron chi connectivity index (χ0n) is 16.6. The molecule has 0 spiro atoms. The Morgan fingerprint density at radius 1 is 1.00 bits per heavy atom. The molecule has 0 aliphatic heterocycles. The van der Waals surface area contributed by atoms with Crippen LogP contribution in [0, 0.1) is 35.3 Å². The molecule has 1 saturated carbocycles. The zero-order chi connectivity index (χ0) is 19.9. The Bertz CT molecular complexity index is 837. The second kappa shape index (κ2) is 9.69. The third-order valence-corrected chi connectivity index (χ3v) is 5.79. The molecular weight excluding hydrogens is 350 g/mol. The molecule has 1 aliphatic carbocycles. The van der Waals surface area contributed by atoms with Crippen molar-refractivity contribution >= 4 is 0 Å². The molecule has 3 rings (SSSR count). The van der Waals surface area contributed by atoms with Gasteiger partial charge in [-0.2, -0.15) is 0 Å². The zero-order valence-corrected chi connectivity index (χ0v) is 16.6. The molecule has 0 saturated heterocycles. The van der Waals surface area contributed by atoms with Crippen LogP contribution < -0.4 is 0 Å². The Balaban J connectivity index is 1.74. The van der Waals surface area contributed by atoms with Crippen molar-refractivity contribution in [2.24, 2.45) is 11.8 Å². The largest absolute Gasteiger partial charge is 0.205 e. The predicted octanol–water partition coefficient (Wildman–Crippen LogP) is 7.32. The van der Waals surface area contributed by atoms with E-state index in [1.807, 2.05) is 30.3 Å². The second-order valence-electron chi connectivity index (χ2n) is 7.73. The van der Waals surface area contributed by atoms with Crippen LogP contribution in [0.25, 0.3) is 11.1 Å². The van der Waals surface area contributed by atoms with E-state index >= 15 is 0 Å². The fourth-order valence-electron chi connectivity index (χ4n) is 3.88. The van der Waals surface area contributed by atoms with Crippen molar-refractivity contribution in [3.63, 3.8) is 0 Å². The average molecular weight is 379 g/mol. The van der Waals surface area contributed by atoms with Gasteiger partial charge in [-0.05, 0) is 73.3 Å². The monoisotopic (exact) mass is 378 g/mol. The lowest BCUT2D eigenvalue weighted by Crippen LogP contribution is -2.12. The van der Waals surface area contributed by atoms with Gasteiger partial charge in [-0.15, -0.1) is 6.58 Å². The molecule has 2 aromatic carbocycles. The number of allylic oxidation sites excluding steroid dienone is 1. The minimum absolute atomic E-state index is 0.107. The van der Waals surface area contributed by atoms with Crippen molar-refractivity contribution in [2.45, 2.75) is 51.9 Å². The van der Waals surface area contributed by atoms with Crippen LogP contribution >= 0.6 is 0 Å². The normalized spacial score (nSPS) is 19.0. The standard InChI is InChI=1S/C26H28F2/c1-3-5-6-20-11-14-22(15-12-20)23-17-25(27)24(26(28)18-23)16-13-21-9-7-19(4-2)8-10-21/h3,11-12,14-15,17-19,21H,1,4-10H2,2H3. The van der Waals surface area contributed by atoms with Crippen LogP contribution in [0.3, 0.4) is 0 Å². The molecular formula is C26H28F2. The first-order chi connectivity index (χ1) is 13.6. The Labute approximate surface area is 167 Å². The summed E-state index contributed by atoms with van der Waals surface area (Å²) < 4.78 is 29.1. The molecule has 0 radical (unpaired) electrons. The van der Waals surface area contributed by atoms with E-state index in [9.17, 15) is 8.78 Å². The van der Waals surface area contributed by atoms with E-state index in [2.05, 4.69) is 25.3 Å². The van der Waals surface area contributed by atoms with Crippen LogP contribution in [0.1, 0.15) is 56.6 Å². The van der Waals surface area contributed by atoms with E-state index in [-0.39, 0.29) is 11.5 Å². The molecule has 2 heteroatoms. The summed E-state index contributed by atoms with van der Waals surface area (Å²) in [5.41, 5.74) is 2.42. The molecule has 2 aromatic rings. The minimum Gasteiger partial charge on any atom is -0.205 e. The Hall–Kier alpha value is -2.40. The third kappa shape index (κ3) is 5.10. The molecule has 0 bridgehead atoms. The molecule has 28 heavy (non-hydrogen) atoms. The predicted molar refractivity (Wildman–Crippen MR) is 113 cm³/mol. The molecule has 1 aliphatic rings. The average Bonchev–Trinajstić information content (AvgIpc) is 2.72. The highest BCUT2D eigenvalue weighted by molar-refractivity contribution is 5.65. The lowest BCUT2D eigenvalue weighted by molar-refractivity contribution is 0.309. The summed E-state index contributed by atoms with van der Waals surface area (Å²) in [6.07, 6.45) is 9.33. The van der Waals surface area contributed by atoms with Crippen molar-refractivity contribution in [3.05, 3.63) is 71.8 Å². The van der Waals surface area contributed by atoms with E-state index in [0.29, 0.717) is 5.56 Å². The molecule has 1 fully saturated rings. The van der Waals surface area contributed by atoms with E-state index in [4.69, 9.17) is 0 Å². The molecule has 0 N–H and O–H groups in total. The molecule has 0 amide bonds. The molecule has 0 unspecified atom stereocenters. The molecule has 0 aromatic heterocycles. The van der Waals surface area contributed by atoms with Crippen molar-refractivity contribution in [1.82, 2.24) is 0 Å².